The van der Waals surface area contributed by atoms with Gasteiger partial charge in [0.25, 0.3) is 0 Å². The average molecular weight is 486 g/mol. The van der Waals surface area contributed by atoms with Crippen molar-refractivity contribution in [3.63, 3.8) is 0 Å². The first-order valence-electron chi connectivity index (χ1n) is 10.9. The third-order valence-electron chi connectivity index (χ3n) is 5.79. The van der Waals surface area contributed by atoms with E-state index in [0.29, 0.717) is 5.16 Å². The predicted octanol–water partition coefficient (Wildman–Crippen LogP) is 3.95. The van der Waals surface area contributed by atoms with Crippen molar-refractivity contribution in [1.82, 2.24) is 19.1 Å². The van der Waals surface area contributed by atoms with E-state index >= 15 is 0 Å². The summed E-state index contributed by atoms with van der Waals surface area (Å²) in [6.07, 6.45) is 6.54. The Morgan fingerprint density at radius 1 is 1.09 bits per heavy atom. The molecule has 4 rings (SSSR count). The smallest absolute Gasteiger partial charge is 0.245 e. The zero-order valence-corrected chi connectivity index (χ0v) is 20.1. The van der Waals surface area contributed by atoms with E-state index in [2.05, 4.69) is 15.5 Å². The van der Waals surface area contributed by atoms with Crippen LogP contribution in [0.3, 0.4) is 0 Å². The molecule has 1 aliphatic carbocycles. The second kappa shape index (κ2) is 10.5. The number of sulfonamides is 1. The maximum Gasteiger partial charge on any atom is 0.245 e. The summed E-state index contributed by atoms with van der Waals surface area (Å²) in [5.74, 6) is -0.246. The fourth-order valence-electron chi connectivity index (χ4n) is 4.00. The minimum absolute atomic E-state index is 0.00703. The molecule has 1 fully saturated rings. The highest BCUT2D eigenvalue weighted by molar-refractivity contribution is 7.99. The lowest BCUT2D eigenvalue weighted by Crippen LogP contribution is -2.38. The molecule has 1 heterocycles. The van der Waals surface area contributed by atoms with Crippen molar-refractivity contribution in [1.29, 1.82) is 0 Å². The van der Waals surface area contributed by atoms with Gasteiger partial charge in [-0.2, -0.15) is 4.31 Å². The van der Waals surface area contributed by atoms with Gasteiger partial charge in [-0.15, -0.1) is 10.2 Å². The molecule has 0 radical (unpaired) electrons. The van der Waals surface area contributed by atoms with Crippen molar-refractivity contribution >= 4 is 33.4 Å². The lowest BCUT2D eigenvalue weighted by molar-refractivity contribution is -0.113. The van der Waals surface area contributed by atoms with Crippen molar-refractivity contribution in [2.75, 3.05) is 18.1 Å². The molecule has 1 amide bonds. The fourth-order valence-corrected chi connectivity index (χ4v) is 6.29. The van der Waals surface area contributed by atoms with E-state index in [1.54, 1.807) is 42.2 Å². The molecule has 174 valence electrons. The summed E-state index contributed by atoms with van der Waals surface area (Å²) < 4.78 is 29.9. The van der Waals surface area contributed by atoms with E-state index in [1.165, 1.54) is 16.1 Å². The number of amides is 1. The monoisotopic (exact) mass is 485 g/mol. The molecular formula is C23H27N5O3S2. The van der Waals surface area contributed by atoms with Gasteiger partial charge in [-0.3, -0.25) is 9.36 Å². The van der Waals surface area contributed by atoms with Crippen LogP contribution < -0.4 is 5.32 Å². The lowest BCUT2D eigenvalue weighted by Gasteiger charge is -2.30. The van der Waals surface area contributed by atoms with Crippen LogP contribution in [0.4, 0.5) is 5.69 Å². The van der Waals surface area contributed by atoms with Gasteiger partial charge in [0.05, 0.1) is 11.4 Å². The van der Waals surface area contributed by atoms with Crippen LogP contribution in [-0.2, 0) is 14.8 Å². The number of aromatic nitrogens is 3. The van der Waals surface area contributed by atoms with Gasteiger partial charge < -0.3 is 5.32 Å². The van der Waals surface area contributed by atoms with E-state index < -0.39 is 10.0 Å². The van der Waals surface area contributed by atoms with Crippen molar-refractivity contribution < 1.29 is 13.2 Å². The first kappa shape index (κ1) is 23.5. The number of carbonyl (C=O) groups excluding carboxylic acids is 1. The molecule has 0 bridgehead atoms. The summed E-state index contributed by atoms with van der Waals surface area (Å²) in [5, 5.41) is 11.4. The van der Waals surface area contributed by atoms with Crippen molar-refractivity contribution in [2.24, 2.45) is 0 Å². The van der Waals surface area contributed by atoms with Crippen LogP contribution in [0.1, 0.15) is 32.1 Å². The van der Waals surface area contributed by atoms with E-state index in [-0.39, 0.29) is 28.3 Å². The van der Waals surface area contributed by atoms with Crippen LogP contribution in [0.2, 0.25) is 0 Å². The number of para-hydroxylation sites is 2. The highest BCUT2D eigenvalue weighted by Crippen LogP contribution is 2.30. The van der Waals surface area contributed by atoms with Crippen LogP contribution in [0.15, 0.2) is 71.0 Å². The minimum Gasteiger partial charge on any atom is -0.324 e. The van der Waals surface area contributed by atoms with Gasteiger partial charge in [0.2, 0.25) is 15.9 Å². The molecule has 10 heteroatoms. The fraction of sp³-hybridized carbons (Fsp3) is 0.348. The van der Waals surface area contributed by atoms with Gasteiger partial charge in [0.1, 0.15) is 11.2 Å². The second-order valence-electron chi connectivity index (χ2n) is 7.97. The van der Waals surface area contributed by atoms with Gasteiger partial charge in [0, 0.05) is 18.8 Å². The Balaban J connectivity index is 1.45. The summed E-state index contributed by atoms with van der Waals surface area (Å²) >= 11 is 1.24. The van der Waals surface area contributed by atoms with Crippen LogP contribution in [0.25, 0.3) is 5.69 Å². The maximum absolute atomic E-state index is 13.3. The second-order valence-corrected chi connectivity index (χ2v) is 10.9. The van der Waals surface area contributed by atoms with E-state index in [1.807, 2.05) is 30.3 Å². The van der Waals surface area contributed by atoms with Gasteiger partial charge >= 0.3 is 0 Å². The molecule has 8 nitrogen and oxygen atoms in total. The molecule has 1 aromatic heterocycles. The predicted molar refractivity (Wildman–Crippen MR) is 129 cm³/mol. The van der Waals surface area contributed by atoms with Gasteiger partial charge in [0.15, 0.2) is 5.16 Å². The topological polar surface area (TPSA) is 97.2 Å². The molecule has 0 unspecified atom stereocenters. The summed E-state index contributed by atoms with van der Waals surface area (Å²) in [6.45, 7) is 0. The Labute approximate surface area is 198 Å². The first-order valence-corrected chi connectivity index (χ1v) is 13.3. The standard InChI is InChI=1S/C23H27N5O3S2/c1-27(18-10-4-2-5-11-18)33(30,31)21-15-9-8-14-20(21)25-22(29)16-32-23-26-24-17-28(23)19-12-6-3-7-13-19/h3,6-9,12-15,17-18H,2,4-5,10-11,16H2,1H3,(H,25,29). The number of benzene rings is 2. The third-order valence-corrected chi connectivity index (χ3v) is 8.70. The molecule has 0 atom stereocenters. The molecule has 2 aromatic carbocycles. The third kappa shape index (κ3) is 5.45. The number of thioether (sulfide) groups is 1. The zero-order valence-electron chi connectivity index (χ0n) is 18.4. The Morgan fingerprint density at radius 2 is 1.79 bits per heavy atom. The Morgan fingerprint density at radius 3 is 2.55 bits per heavy atom. The van der Waals surface area contributed by atoms with Gasteiger partial charge in [-0.05, 0) is 37.1 Å². The minimum atomic E-state index is -3.73. The number of rotatable bonds is 8. The zero-order chi connectivity index (χ0) is 23.3. The first-order chi connectivity index (χ1) is 16.0. The molecular weight excluding hydrogens is 458 g/mol. The number of nitrogens with one attached hydrogen (secondary N) is 1. The maximum atomic E-state index is 13.3. The van der Waals surface area contributed by atoms with Gasteiger partial charge in [-0.25, -0.2) is 8.42 Å². The summed E-state index contributed by atoms with van der Waals surface area (Å²) in [7, 11) is -2.10. The Bertz CT molecular complexity index is 1190. The number of hydrogen-bond acceptors (Lipinski definition) is 6. The molecule has 33 heavy (non-hydrogen) atoms. The molecule has 0 saturated heterocycles. The number of hydrogen-bond donors (Lipinski definition) is 1. The van der Waals surface area contributed by atoms with E-state index in [4.69, 9.17) is 0 Å². The molecule has 0 spiro atoms. The summed E-state index contributed by atoms with van der Waals surface area (Å²) in [6, 6.07) is 16.2. The van der Waals surface area contributed by atoms with Gasteiger partial charge in [-0.1, -0.05) is 61.4 Å². The van der Waals surface area contributed by atoms with E-state index in [9.17, 15) is 13.2 Å². The van der Waals surface area contributed by atoms with Crippen LogP contribution in [-0.4, -0.2) is 52.2 Å². The van der Waals surface area contributed by atoms with Crippen molar-refractivity contribution in [3.05, 3.63) is 60.9 Å². The normalized spacial score (nSPS) is 15.0. The Hall–Kier alpha value is -2.69. The average Bonchev–Trinajstić information content (AvgIpc) is 3.32. The highest BCUT2D eigenvalue weighted by Gasteiger charge is 2.31. The largest absolute Gasteiger partial charge is 0.324 e. The molecule has 3 aromatic rings. The van der Waals surface area contributed by atoms with Crippen LogP contribution >= 0.6 is 11.8 Å². The quantitative estimate of drug-likeness (QED) is 0.485. The number of nitrogens with zero attached hydrogens (tertiary/aromatic N) is 4. The lowest BCUT2D eigenvalue weighted by atomic mass is 9.96. The summed E-state index contributed by atoms with van der Waals surface area (Å²) in [5.41, 5.74) is 1.18. The van der Waals surface area contributed by atoms with Crippen LogP contribution in [0, 0.1) is 0 Å². The molecule has 1 aliphatic rings. The number of anilines is 1. The Kier molecular flexibility index (Phi) is 7.46. The molecule has 0 aliphatic heterocycles. The highest BCUT2D eigenvalue weighted by atomic mass is 32.2. The van der Waals surface area contributed by atoms with Crippen molar-refractivity contribution in [3.8, 4) is 5.69 Å². The SMILES string of the molecule is CN(C1CCCCC1)S(=O)(=O)c1ccccc1NC(=O)CSc1nncn1-c1ccccc1. The van der Waals surface area contributed by atoms with E-state index in [0.717, 1.165) is 37.8 Å². The molecule has 1 saturated carbocycles. The van der Waals surface area contributed by atoms with Crippen molar-refractivity contribution in [2.45, 2.75) is 48.2 Å². The van der Waals surface area contributed by atoms with Crippen LogP contribution in [0.5, 0.6) is 0 Å². The molecule has 1 N–H and O–H groups in total. The number of carbonyl (C=O) groups is 1. The summed E-state index contributed by atoms with van der Waals surface area (Å²) in [4.78, 5) is 12.8.